The molecule has 0 radical (unpaired) electrons. The smallest absolute Gasteiger partial charge is 0.254 e. The number of rotatable bonds is 4. The topological polar surface area (TPSA) is 40.6 Å². The van der Waals surface area contributed by atoms with Crippen molar-refractivity contribution < 1.29 is 9.59 Å². The SMILES string of the molecule is Cc1cccc(N2CCN(C(=O)c3ccccc3C(=O)c3ccccc3)CC2)c1C. The highest BCUT2D eigenvalue weighted by atomic mass is 16.2. The molecular weight excluding hydrogens is 372 g/mol. The largest absolute Gasteiger partial charge is 0.368 e. The van der Waals surface area contributed by atoms with Crippen molar-refractivity contribution >= 4 is 17.4 Å². The maximum absolute atomic E-state index is 13.3. The van der Waals surface area contributed by atoms with E-state index >= 15 is 0 Å². The second-order valence-electron chi connectivity index (χ2n) is 7.74. The number of benzene rings is 3. The van der Waals surface area contributed by atoms with Crippen LogP contribution in [0, 0.1) is 13.8 Å². The summed E-state index contributed by atoms with van der Waals surface area (Å²) in [4.78, 5) is 30.5. The van der Waals surface area contributed by atoms with Crippen LogP contribution in [0.5, 0.6) is 0 Å². The molecule has 152 valence electrons. The monoisotopic (exact) mass is 398 g/mol. The van der Waals surface area contributed by atoms with Crippen LogP contribution in [-0.4, -0.2) is 42.8 Å². The van der Waals surface area contributed by atoms with Gasteiger partial charge >= 0.3 is 0 Å². The third kappa shape index (κ3) is 3.86. The highest BCUT2D eigenvalue weighted by Crippen LogP contribution is 2.25. The number of hydrogen-bond acceptors (Lipinski definition) is 3. The van der Waals surface area contributed by atoms with Crippen molar-refractivity contribution in [2.75, 3.05) is 31.1 Å². The minimum Gasteiger partial charge on any atom is -0.368 e. The summed E-state index contributed by atoms with van der Waals surface area (Å²) in [5.74, 6) is -0.191. The second-order valence-corrected chi connectivity index (χ2v) is 7.74. The van der Waals surface area contributed by atoms with E-state index in [0.717, 1.165) is 13.1 Å². The molecule has 1 amide bonds. The van der Waals surface area contributed by atoms with Crippen LogP contribution in [0.4, 0.5) is 5.69 Å². The number of ketones is 1. The summed E-state index contributed by atoms with van der Waals surface area (Å²) in [6.45, 7) is 7.11. The van der Waals surface area contributed by atoms with E-state index in [1.807, 2.05) is 35.2 Å². The van der Waals surface area contributed by atoms with Crippen molar-refractivity contribution in [2.45, 2.75) is 13.8 Å². The first-order valence-corrected chi connectivity index (χ1v) is 10.4. The molecular formula is C26H26N2O2. The Labute approximate surface area is 177 Å². The molecule has 1 saturated heterocycles. The molecule has 0 atom stereocenters. The molecule has 0 aromatic heterocycles. The van der Waals surface area contributed by atoms with Crippen molar-refractivity contribution in [3.05, 3.63) is 101 Å². The summed E-state index contributed by atoms with van der Waals surface area (Å²) >= 11 is 0. The molecule has 1 heterocycles. The number of piperazine rings is 1. The van der Waals surface area contributed by atoms with Crippen molar-refractivity contribution in [1.29, 1.82) is 0 Å². The zero-order valence-electron chi connectivity index (χ0n) is 17.5. The number of amides is 1. The minimum absolute atomic E-state index is 0.0736. The summed E-state index contributed by atoms with van der Waals surface area (Å²) in [7, 11) is 0. The van der Waals surface area contributed by atoms with Crippen molar-refractivity contribution in [1.82, 2.24) is 4.90 Å². The molecule has 0 N–H and O–H groups in total. The van der Waals surface area contributed by atoms with Crippen LogP contribution < -0.4 is 4.90 Å². The lowest BCUT2D eigenvalue weighted by atomic mass is 9.97. The normalized spacial score (nSPS) is 13.9. The minimum atomic E-state index is -0.117. The number of nitrogens with zero attached hydrogens (tertiary/aromatic N) is 2. The Morgan fingerprint density at radius 3 is 2.03 bits per heavy atom. The molecule has 4 nitrogen and oxygen atoms in total. The van der Waals surface area contributed by atoms with E-state index in [2.05, 4.69) is 36.9 Å². The molecule has 0 aliphatic carbocycles. The van der Waals surface area contributed by atoms with Crippen LogP contribution in [0.1, 0.15) is 37.4 Å². The lowest BCUT2D eigenvalue weighted by molar-refractivity contribution is 0.0742. The molecule has 0 bridgehead atoms. The summed E-state index contributed by atoms with van der Waals surface area (Å²) in [6.07, 6.45) is 0. The zero-order chi connectivity index (χ0) is 21.1. The van der Waals surface area contributed by atoms with E-state index in [9.17, 15) is 9.59 Å². The van der Waals surface area contributed by atoms with E-state index < -0.39 is 0 Å². The number of hydrogen-bond donors (Lipinski definition) is 0. The lowest BCUT2D eigenvalue weighted by Gasteiger charge is -2.37. The van der Waals surface area contributed by atoms with Crippen LogP contribution in [0.3, 0.4) is 0 Å². The standard InChI is InChI=1S/C26H26N2O2/c1-19-9-8-14-24(20(19)2)27-15-17-28(18-16-27)26(30)23-13-7-6-12-22(23)25(29)21-10-4-3-5-11-21/h3-14H,15-18H2,1-2H3. The van der Waals surface area contributed by atoms with Crippen molar-refractivity contribution in [2.24, 2.45) is 0 Å². The van der Waals surface area contributed by atoms with E-state index in [1.165, 1.54) is 16.8 Å². The van der Waals surface area contributed by atoms with E-state index in [-0.39, 0.29) is 11.7 Å². The van der Waals surface area contributed by atoms with Crippen LogP contribution >= 0.6 is 0 Å². The molecule has 3 aromatic rings. The van der Waals surface area contributed by atoms with Gasteiger partial charge < -0.3 is 9.80 Å². The van der Waals surface area contributed by atoms with Crippen LogP contribution in [0.25, 0.3) is 0 Å². The zero-order valence-corrected chi connectivity index (χ0v) is 17.5. The van der Waals surface area contributed by atoms with Crippen molar-refractivity contribution in [3.8, 4) is 0 Å². The highest BCUT2D eigenvalue weighted by Gasteiger charge is 2.26. The van der Waals surface area contributed by atoms with Crippen LogP contribution in [0.15, 0.2) is 72.8 Å². The Kier molecular flexibility index (Phi) is 5.66. The maximum Gasteiger partial charge on any atom is 0.254 e. The second kappa shape index (κ2) is 8.54. The van der Waals surface area contributed by atoms with Gasteiger partial charge in [-0.15, -0.1) is 0 Å². The third-order valence-corrected chi connectivity index (χ3v) is 5.92. The predicted octanol–water partition coefficient (Wildman–Crippen LogP) is 4.50. The number of anilines is 1. The van der Waals surface area contributed by atoms with E-state index in [1.54, 1.807) is 24.3 Å². The quantitative estimate of drug-likeness (QED) is 0.608. The fourth-order valence-electron chi connectivity index (χ4n) is 4.01. The van der Waals surface area contributed by atoms with E-state index in [0.29, 0.717) is 29.8 Å². The predicted molar refractivity (Wildman–Crippen MR) is 120 cm³/mol. The fourth-order valence-corrected chi connectivity index (χ4v) is 4.01. The average molecular weight is 399 g/mol. The third-order valence-electron chi connectivity index (χ3n) is 5.92. The average Bonchev–Trinajstić information content (AvgIpc) is 2.80. The summed E-state index contributed by atoms with van der Waals surface area (Å²) in [5.41, 5.74) is 5.34. The first kappa shape index (κ1) is 19.9. The molecule has 4 heteroatoms. The number of carbonyl (C=O) groups excluding carboxylic acids is 2. The Morgan fingerprint density at radius 2 is 1.33 bits per heavy atom. The Hall–Kier alpha value is -3.40. The fraction of sp³-hybridized carbons (Fsp3) is 0.231. The molecule has 1 aliphatic heterocycles. The first-order valence-electron chi connectivity index (χ1n) is 10.4. The molecule has 1 aliphatic rings. The molecule has 30 heavy (non-hydrogen) atoms. The van der Waals surface area contributed by atoms with Crippen LogP contribution in [0.2, 0.25) is 0 Å². The van der Waals surface area contributed by atoms with Crippen molar-refractivity contribution in [3.63, 3.8) is 0 Å². The highest BCUT2D eigenvalue weighted by molar-refractivity contribution is 6.15. The van der Waals surface area contributed by atoms with Gasteiger partial charge in [-0.05, 0) is 37.1 Å². The summed E-state index contributed by atoms with van der Waals surface area (Å²) in [6, 6.07) is 22.6. The summed E-state index contributed by atoms with van der Waals surface area (Å²) in [5, 5.41) is 0. The van der Waals surface area contributed by atoms with Crippen LogP contribution in [-0.2, 0) is 0 Å². The Balaban J connectivity index is 1.51. The molecule has 4 rings (SSSR count). The van der Waals surface area contributed by atoms with Gasteiger partial charge in [0.2, 0.25) is 0 Å². The van der Waals surface area contributed by atoms with Gasteiger partial charge in [0, 0.05) is 43.0 Å². The van der Waals surface area contributed by atoms with Gasteiger partial charge in [0.1, 0.15) is 0 Å². The lowest BCUT2D eigenvalue weighted by Crippen LogP contribution is -2.49. The van der Waals surface area contributed by atoms with Gasteiger partial charge in [-0.3, -0.25) is 9.59 Å². The first-order chi connectivity index (χ1) is 14.6. The Bertz CT molecular complexity index is 1070. The van der Waals surface area contributed by atoms with Gasteiger partial charge in [-0.1, -0.05) is 60.7 Å². The molecule has 3 aromatic carbocycles. The molecule has 0 unspecified atom stereocenters. The van der Waals surface area contributed by atoms with Gasteiger partial charge in [0.05, 0.1) is 5.56 Å². The van der Waals surface area contributed by atoms with Gasteiger partial charge in [0.15, 0.2) is 5.78 Å². The molecule has 0 spiro atoms. The molecule has 0 saturated carbocycles. The Morgan fingerprint density at radius 1 is 0.700 bits per heavy atom. The number of carbonyl (C=O) groups is 2. The molecule has 1 fully saturated rings. The number of aryl methyl sites for hydroxylation is 1. The van der Waals surface area contributed by atoms with E-state index in [4.69, 9.17) is 0 Å². The van der Waals surface area contributed by atoms with Gasteiger partial charge in [0.25, 0.3) is 5.91 Å². The maximum atomic E-state index is 13.3. The van der Waals surface area contributed by atoms with Gasteiger partial charge in [-0.2, -0.15) is 0 Å². The van der Waals surface area contributed by atoms with Gasteiger partial charge in [-0.25, -0.2) is 0 Å². The summed E-state index contributed by atoms with van der Waals surface area (Å²) < 4.78 is 0.